The van der Waals surface area contributed by atoms with Gasteiger partial charge in [0.25, 0.3) is 0 Å². The minimum absolute atomic E-state index is 0.0114. The average molecular weight is 420 g/mol. The van der Waals surface area contributed by atoms with Gasteiger partial charge in [0.05, 0.1) is 23.9 Å². The molecule has 3 atom stereocenters. The zero-order valence-corrected chi connectivity index (χ0v) is 17.5. The first-order chi connectivity index (χ1) is 14.8. The fourth-order valence-electron chi connectivity index (χ4n) is 4.46. The van der Waals surface area contributed by atoms with E-state index in [2.05, 4.69) is 55.2 Å². The second kappa shape index (κ2) is 8.53. The van der Waals surface area contributed by atoms with Crippen LogP contribution in [-0.2, 0) is 11.3 Å². The van der Waals surface area contributed by atoms with Crippen LogP contribution in [0.2, 0.25) is 0 Å². The maximum absolute atomic E-state index is 5.94. The van der Waals surface area contributed by atoms with Crippen LogP contribution in [0, 0.1) is 0 Å². The quantitative estimate of drug-likeness (QED) is 0.618. The van der Waals surface area contributed by atoms with Gasteiger partial charge in [-0.3, -0.25) is 9.97 Å². The van der Waals surface area contributed by atoms with Crippen LogP contribution < -0.4 is 5.32 Å². The molecule has 5 heterocycles. The number of aromatic nitrogens is 3. The van der Waals surface area contributed by atoms with Gasteiger partial charge in [-0.25, -0.2) is 0 Å². The summed E-state index contributed by atoms with van der Waals surface area (Å²) in [6.07, 6.45) is 10.1. The summed E-state index contributed by atoms with van der Waals surface area (Å²) >= 11 is 5.79. The third kappa shape index (κ3) is 3.82. The first-order valence-electron chi connectivity index (χ1n) is 10.4. The molecule has 2 aliphatic heterocycles. The smallest absolute Gasteiger partial charge is 0.170 e. The molecule has 5 rings (SSSR count). The Kier molecular flexibility index (Phi) is 5.46. The summed E-state index contributed by atoms with van der Waals surface area (Å²) in [6, 6.07) is 14.5. The molecule has 3 aromatic rings. The third-order valence-corrected chi connectivity index (χ3v) is 6.22. The van der Waals surface area contributed by atoms with Crippen molar-refractivity contribution in [2.75, 3.05) is 13.2 Å². The van der Waals surface area contributed by atoms with Crippen molar-refractivity contribution in [1.29, 1.82) is 0 Å². The van der Waals surface area contributed by atoms with Gasteiger partial charge in [-0.1, -0.05) is 12.1 Å². The van der Waals surface area contributed by atoms with Gasteiger partial charge in [0.1, 0.15) is 0 Å². The van der Waals surface area contributed by atoms with Crippen LogP contribution in [0.15, 0.2) is 67.3 Å². The van der Waals surface area contributed by atoms with Crippen LogP contribution >= 0.6 is 12.2 Å². The van der Waals surface area contributed by atoms with Crippen molar-refractivity contribution in [2.24, 2.45) is 0 Å². The van der Waals surface area contributed by atoms with Gasteiger partial charge in [0.2, 0.25) is 0 Å². The zero-order valence-electron chi connectivity index (χ0n) is 16.7. The van der Waals surface area contributed by atoms with Crippen molar-refractivity contribution in [3.63, 3.8) is 0 Å². The Morgan fingerprint density at radius 1 is 1.13 bits per heavy atom. The highest BCUT2D eigenvalue weighted by molar-refractivity contribution is 7.80. The lowest BCUT2D eigenvalue weighted by atomic mass is 10.0. The van der Waals surface area contributed by atoms with E-state index in [4.69, 9.17) is 17.0 Å². The van der Waals surface area contributed by atoms with Gasteiger partial charge in [0, 0.05) is 50.2 Å². The van der Waals surface area contributed by atoms with E-state index in [-0.39, 0.29) is 18.2 Å². The van der Waals surface area contributed by atoms with E-state index in [1.54, 1.807) is 6.20 Å². The molecule has 154 valence electrons. The number of pyridine rings is 2. The van der Waals surface area contributed by atoms with Crippen molar-refractivity contribution in [3.8, 4) is 0 Å². The zero-order chi connectivity index (χ0) is 20.3. The molecule has 2 saturated heterocycles. The molecule has 0 bridgehead atoms. The van der Waals surface area contributed by atoms with E-state index in [1.165, 1.54) is 11.3 Å². The lowest BCUT2D eigenvalue weighted by molar-refractivity contribution is 0.0834. The summed E-state index contributed by atoms with van der Waals surface area (Å²) in [6.45, 7) is 2.39. The van der Waals surface area contributed by atoms with Crippen LogP contribution in [-0.4, -0.2) is 43.8 Å². The van der Waals surface area contributed by atoms with E-state index in [0.717, 1.165) is 43.3 Å². The van der Waals surface area contributed by atoms with Crippen LogP contribution in [0.4, 0.5) is 0 Å². The first-order valence-corrected chi connectivity index (χ1v) is 10.8. The van der Waals surface area contributed by atoms with Gasteiger partial charge in [-0.05, 0) is 61.0 Å². The minimum atomic E-state index is -0.0114. The Bertz CT molecular complexity index is 987. The summed E-state index contributed by atoms with van der Waals surface area (Å²) < 4.78 is 8.22. The van der Waals surface area contributed by atoms with Gasteiger partial charge in [0.15, 0.2) is 5.11 Å². The van der Waals surface area contributed by atoms with Crippen molar-refractivity contribution < 1.29 is 4.74 Å². The lowest BCUT2D eigenvalue weighted by Gasteiger charge is -2.30. The number of ether oxygens (including phenoxy) is 1. The summed E-state index contributed by atoms with van der Waals surface area (Å²) in [5.41, 5.74) is 3.37. The van der Waals surface area contributed by atoms with Gasteiger partial charge in [-0.15, -0.1) is 0 Å². The number of hydrogen-bond acceptors (Lipinski definition) is 4. The molecule has 3 aromatic heterocycles. The van der Waals surface area contributed by atoms with Crippen molar-refractivity contribution in [3.05, 3.63) is 84.2 Å². The Balaban J connectivity index is 1.51. The van der Waals surface area contributed by atoms with Crippen LogP contribution in [0.25, 0.3) is 0 Å². The molecule has 0 amide bonds. The third-order valence-electron chi connectivity index (χ3n) is 5.87. The van der Waals surface area contributed by atoms with E-state index in [9.17, 15) is 0 Å². The second-order valence-corrected chi connectivity index (χ2v) is 8.22. The maximum Gasteiger partial charge on any atom is 0.170 e. The van der Waals surface area contributed by atoms with Crippen LogP contribution in [0.3, 0.4) is 0 Å². The van der Waals surface area contributed by atoms with Crippen molar-refractivity contribution in [1.82, 2.24) is 24.8 Å². The Morgan fingerprint density at radius 3 is 2.87 bits per heavy atom. The average Bonchev–Trinajstić information content (AvgIpc) is 3.52. The number of rotatable bonds is 6. The molecular formula is C23H25N5OS. The molecule has 0 unspecified atom stereocenters. The van der Waals surface area contributed by atoms with Gasteiger partial charge >= 0.3 is 0 Å². The molecule has 2 fully saturated rings. The normalized spacial score (nSPS) is 23.7. The number of nitrogens with zero attached hydrogens (tertiary/aromatic N) is 4. The molecule has 7 heteroatoms. The maximum atomic E-state index is 5.94. The molecule has 0 spiro atoms. The largest absolute Gasteiger partial charge is 0.376 e. The van der Waals surface area contributed by atoms with Crippen molar-refractivity contribution in [2.45, 2.75) is 37.6 Å². The summed E-state index contributed by atoms with van der Waals surface area (Å²) in [7, 11) is 0. The predicted molar refractivity (Wildman–Crippen MR) is 119 cm³/mol. The molecule has 0 saturated carbocycles. The number of thiocarbonyl (C=S) groups is 1. The summed E-state index contributed by atoms with van der Waals surface area (Å²) in [4.78, 5) is 11.2. The molecule has 0 aromatic carbocycles. The molecular weight excluding hydrogens is 394 g/mol. The first kappa shape index (κ1) is 19.2. The number of nitrogens with one attached hydrogen (secondary N) is 1. The SMILES string of the molecule is S=C1N[C@H](c2ccccn2)[C@H](c2cccn2Cc2cccnc2)N1C[C@@H]1CCCO1. The summed E-state index contributed by atoms with van der Waals surface area (Å²) in [5, 5.41) is 4.30. The fraction of sp³-hybridized carbons (Fsp3) is 0.348. The molecule has 0 radical (unpaired) electrons. The molecule has 30 heavy (non-hydrogen) atoms. The highest BCUT2D eigenvalue weighted by Gasteiger charge is 2.42. The van der Waals surface area contributed by atoms with E-state index in [1.807, 2.05) is 30.6 Å². The Hall–Kier alpha value is -2.77. The van der Waals surface area contributed by atoms with E-state index < -0.39 is 0 Å². The topological polar surface area (TPSA) is 55.2 Å². The van der Waals surface area contributed by atoms with E-state index in [0.29, 0.717) is 0 Å². The van der Waals surface area contributed by atoms with Crippen molar-refractivity contribution >= 4 is 17.3 Å². The number of hydrogen-bond donors (Lipinski definition) is 1. The van der Waals surface area contributed by atoms with E-state index >= 15 is 0 Å². The standard InChI is InChI=1S/C23H25N5OS/c30-23-26-21(19-8-1-2-11-25-19)22(28(23)16-18-7-5-13-29-18)20-9-4-12-27(20)15-17-6-3-10-24-14-17/h1-4,6,8-12,14,18,21-22H,5,7,13,15-16H2,(H,26,30)/t18-,21+,22-/m0/s1. The van der Waals surface area contributed by atoms with Crippen LogP contribution in [0.1, 0.15) is 41.9 Å². The Labute approximate surface area is 181 Å². The second-order valence-electron chi connectivity index (χ2n) is 7.84. The minimum Gasteiger partial charge on any atom is -0.376 e. The highest BCUT2D eigenvalue weighted by atomic mass is 32.1. The van der Waals surface area contributed by atoms with Gasteiger partial charge in [-0.2, -0.15) is 0 Å². The molecule has 2 aliphatic rings. The molecule has 6 nitrogen and oxygen atoms in total. The fourth-order valence-corrected chi connectivity index (χ4v) is 4.77. The molecule has 1 N–H and O–H groups in total. The monoisotopic (exact) mass is 419 g/mol. The highest BCUT2D eigenvalue weighted by Crippen LogP contribution is 2.39. The summed E-state index contributed by atoms with van der Waals surface area (Å²) in [5.74, 6) is 0. The predicted octanol–water partition coefficient (Wildman–Crippen LogP) is 3.48. The Morgan fingerprint density at radius 2 is 2.10 bits per heavy atom. The van der Waals surface area contributed by atoms with Gasteiger partial charge < -0.3 is 19.5 Å². The molecule has 0 aliphatic carbocycles. The lowest BCUT2D eigenvalue weighted by Crippen LogP contribution is -2.36. The van der Waals surface area contributed by atoms with Crippen LogP contribution in [0.5, 0.6) is 0 Å².